The summed E-state index contributed by atoms with van der Waals surface area (Å²) in [4.78, 5) is 0. The Labute approximate surface area is 268 Å². The van der Waals surface area contributed by atoms with Gasteiger partial charge in [0, 0.05) is 34.1 Å². The molecule has 0 aliphatic heterocycles. The van der Waals surface area contributed by atoms with Crippen LogP contribution < -0.4 is 0 Å². The molecule has 6 heteroatoms. The van der Waals surface area contributed by atoms with Gasteiger partial charge in [-0.1, -0.05) is 90.9 Å². The minimum atomic E-state index is 0. The van der Waals surface area contributed by atoms with Crippen molar-refractivity contribution in [3.05, 3.63) is 0 Å². The second-order valence-corrected chi connectivity index (χ2v) is 23.9. The van der Waals surface area contributed by atoms with Crippen LogP contribution in [0.3, 0.4) is 0 Å². The molecule has 0 nitrogen and oxygen atoms in total. The largest absolute Gasteiger partial charge is 0.110 e. The minimum Gasteiger partial charge on any atom is -0.110 e. The van der Waals surface area contributed by atoms with E-state index in [-0.39, 0.29) is 50.0 Å². The van der Waals surface area contributed by atoms with Gasteiger partial charge in [-0.25, -0.2) is 0 Å². The summed E-state index contributed by atoms with van der Waals surface area (Å²) in [6, 6.07) is 0. The van der Waals surface area contributed by atoms with Crippen LogP contribution in [0.4, 0.5) is 0 Å². The van der Waals surface area contributed by atoms with Gasteiger partial charge in [0.1, 0.15) is 0 Å². The smallest absolute Gasteiger partial charge is 0 e. The molecule has 4 saturated carbocycles. The van der Waals surface area contributed by atoms with Crippen LogP contribution in [0.1, 0.15) is 117 Å². The van der Waals surface area contributed by atoms with Crippen molar-refractivity contribution in [1.29, 1.82) is 0 Å². The average Bonchev–Trinajstić information content (AvgIpc) is 3.67. The first kappa shape index (κ1) is 42.9. The molecular weight excluding hydrogens is 620 g/mol. The maximum absolute atomic E-state index is 2.49. The summed E-state index contributed by atoms with van der Waals surface area (Å²) < 4.78 is 0. The molecule has 0 aromatic heterocycles. The van der Waals surface area contributed by atoms with Crippen LogP contribution in [0.25, 0.3) is 0 Å². The van der Waals surface area contributed by atoms with Gasteiger partial charge in [0.05, 0.1) is 0 Å². The summed E-state index contributed by atoms with van der Waals surface area (Å²) in [7, 11) is 1.20. The molecule has 0 radical (unpaired) electrons. The molecule has 38 heavy (non-hydrogen) atoms. The maximum atomic E-state index is 2.49. The van der Waals surface area contributed by atoms with Crippen molar-refractivity contribution in [3.63, 3.8) is 0 Å². The van der Waals surface area contributed by atoms with Gasteiger partial charge in [0.2, 0.25) is 0 Å². The summed E-state index contributed by atoms with van der Waals surface area (Å²) in [6.45, 7) is 24.7. The molecular formula is C32H68Fe2P4. The van der Waals surface area contributed by atoms with Gasteiger partial charge in [0.15, 0.2) is 0 Å². The first-order valence-electron chi connectivity index (χ1n) is 15.7. The van der Waals surface area contributed by atoms with Crippen LogP contribution in [-0.2, 0) is 34.1 Å². The van der Waals surface area contributed by atoms with E-state index in [1.165, 1.54) is 103 Å². The molecule has 4 aliphatic carbocycles. The molecule has 0 heterocycles. The Morgan fingerprint density at radius 1 is 0.395 bits per heavy atom. The van der Waals surface area contributed by atoms with Crippen LogP contribution in [0.2, 0.25) is 0 Å². The topological polar surface area (TPSA) is 0 Å². The Hall–Kier alpha value is 2.76. The summed E-state index contributed by atoms with van der Waals surface area (Å²) in [5, 5.41) is 0. The van der Waals surface area contributed by atoms with Gasteiger partial charge >= 0.3 is 0 Å². The molecule has 0 aromatic carbocycles. The van der Waals surface area contributed by atoms with Crippen molar-refractivity contribution < 1.29 is 34.1 Å². The molecule has 0 N–H and O–H groups in total. The zero-order chi connectivity index (χ0) is 27.1. The third-order valence-electron chi connectivity index (χ3n) is 9.76. The normalized spacial score (nSPS) is 27.9. The number of hydrogen-bond donors (Lipinski definition) is 0. The van der Waals surface area contributed by atoms with Crippen molar-refractivity contribution in [3.8, 4) is 0 Å². The van der Waals surface area contributed by atoms with Crippen LogP contribution in [-0.4, -0.2) is 76.0 Å². The van der Waals surface area contributed by atoms with E-state index in [0.29, 0.717) is 15.8 Å². The second-order valence-electron chi connectivity index (χ2n) is 13.2. The summed E-state index contributed by atoms with van der Waals surface area (Å²) in [5.41, 5.74) is 4.20. The van der Waals surface area contributed by atoms with Crippen molar-refractivity contribution in [2.75, 3.05) is 53.3 Å². The van der Waals surface area contributed by atoms with Crippen LogP contribution in [0.5, 0.6) is 0 Å². The molecule has 4 aliphatic rings. The molecule has 0 saturated heterocycles. The van der Waals surface area contributed by atoms with Gasteiger partial charge in [-0.3, -0.25) is 0 Å². The van der Waals surface area contributed by atoms with Crippen LogP contribution in [0, 0.1) is 11.8 Å². The second kappa shape index (κ2) is 25.1. The fourth-order valence-electron chi connectivity index (χ4n) is 6.88. The molecule has 4 rings (SSSR count). The van der Waals surface area contributed by atoms with E-state index >= 15 is 0 Å². The Balaban J connectivity index is 0. The van der Waals surface area contributed by atoms with Crippen LogP contribution in [0.15, 0.2) is 0 Å². The van der Waals surface area contributed by atoms with Gasteiger partial charge in [-0.05, 0) is 113 Å². The van der Waals surface area contributed by atoms with Crippen LogP contribution >= 0.6 is 31.7 Å². The van der Waals surface area contributed by atoms with E-state index < -0.39 is 0 Å². The van der Waals surface area contributed by atoms with Gasteiger partial charge in [-0.15, -0.1) is 31.7 Å². The summed E-state index contributed by atoms with van der Waals surface area (Å²) >= 11 is 0. The first-order chi connectivity index (χ1) is 17.1. The molecule has 6 atom stereocenters. The van der Waals surface area contributed by atoms with E-state index in [1.54, 1.807) is 0 Å². The predicted molar refractivity (Wildman–Crippen MR) is 182 cm³/mol. The van der Waals surface area contributed by atoms with E-state index in [9.17, 15) is 0 Å². The molecule has 0 amide bonds. The van der Waals surface area contributed by atoms with E-state index in [4.69, 9.17) is 0 Å². The third kappa shape index (κ3) is 17.2. The standard InChI is InChI=1S/2C11H24P2.2C5H10.2Fe/c2*1-9(12(2)3)10-7-6-8-11(10)13(4)5;2*1-2-4-5-3-1;;/h2*9-11H,6-8H2,1-5H3;2*1-5H2;;. The van der Waals surface area contributed by atoms with E-state index in [1.807, 2.05) is 0 Å². The first-order valence-corrected chi connectivity index (χ1v) is 25.0. The van der Waals surface area contributed by atoms with Gasteiger partial charge in [0.25, 0.3) is 0 Å². The molecule has 232 valence electrons. The van der Waals surface area contributed by atoms with Crippen molar-refractivity contribution in [2.45, 2.75) is 139 Å². The number of rotatable bonds is 6. The average molecular weight is 688 g/mol. The third-order valence-corrected chi connectivity index (χ3v) is 17.7. The van der Waals surface area contributed by atoms with Crippen molar-refractivity contribution in [1.82, 2.24) is 0 Å². The zero-order valence-electron chi connectivity index (χ0n) is 27.3. The molecule has 0 aromatic rings. The summed E-state index contributed by atoms with van der Waals surface area (Å²) in [6.07, 6.45) is 24.1. The van der Waals surface area contributed by atoms with Crippen molar-refractivity contribution in [2.24, 2.45) is 11.8 Å². The zero-order valence-corrected chi connectivity index (χ0v) is 33.1. The van der Waals surface area contributed by atoms with E-state index in [2.05, 4.69) is 67.2 Å². The summed E-state index contributed by atoms with van der Waals surface area (Å²) in [5.74, 6) is 2.14. The SMILES string of the molecule is C1CCCC1.C1CCCC1.CC(C1CCCC1P(C)C)P(C)C.CC(C1CCCC1P(C)C)P(C)C.[Fe].[Fe]. The predicted octanol–water partition coefficient (Wildman–Crippen LogP) is 11.9. The molecule has 0 bridgehead atoms. The fraction of sp³-hybridized carbons (Fsp3) is 1.00. The monoisotopic (exact) mass is 688 g/mol. The molecule has 6 unspecified atom stereocenters. The fourth-order valence-corrected chi connectivity index (χ4v) is 13.1. The Kier molecular flexibility index (Phi) is 28.4. The minimum absolute atomic E-state index is 0. The molecule has 0 spiro atoms. The Bertz CT molecular complexity index is 460. The number of hydrogen-bond acceptors (Lipinski definition) is 0. The maximum Gasteiger partial charge on any atom is 0 e. The van der Waals surface area contributed by atoms with Gasteiger partial charge in [-0.2, -0.15) is 0 Å². The molecule has 4 fully saturated rings. The Morgan fingerprint density at radius 2 is 0.632 bits per heavy atom. The van der Waals surface area contributed by atoms with Gasteiger partial charge < -0.3 is 0 Å². The van der Waals surface area contributed by atoms with E-state index in [0.717, 1.165) is 34.5 Å². The Morgan fingerprint density at radius 3 is 0.816 bits per heavy atom. The van der Waals surface area contributed by atoms with Crippen molar-refractivity contribution >= 4 is 31.7 Å². The quantitative estimate of drug-likeness (QED) is 0.193.